The molecule has 2 rings (SSSR count). The molecule has 0 aliphatic heterocycles. The van der Waals surface area contributed by atoms with Crippen LogP contribution in [0.3, 0.4) is 0 Å². The lowest BCUT2D eigenvalue weighted by atomic mass is 10.1. The van der Waals surface area contributed by atoms with E-state index in [0.717, 1.165) is 4.57 Å². The second-order valence-electron chi connectivity index (χ2n) is 5.04. The number of hydrogen-bond donors (Lipinski definition) is 5. The number of primary amides is 1. The summed E-state index contributed by atoms with van der Waals surface area (Å²) in [6.07, 6.45) is -4.79. The zero-order valence-electron chi connectivity index (χ0n) is 12.0. The number of benzene rings is 1. The highest BCUT2D eigenvalue weighted by atomic mass is 16.4. The van der Waals surface area contributed by atoms with Gasteiger partial charge in [-0.15, -0.1) is 0 Å². The standard InChI is InChI=1S/C14H17N3O6/c15-13(22)11-14(23)17(5-9(19)12(21)10(20)6-18)8-4-2-1-3-7(8)16-11/h1-4,9-10,12,18-21H,5-6H2,(H2,15,22). The van der Waals surface area contributed by atoms with Crippen molar-refractivity contribution in [2.45, 2.75) is 24.9 Å². The maximum absolute atomic E-state index is 12.3. The van der Waals surface area contributed by atoms with Crippen molar-refractivity contribution < 1.29 is 25.2 Å². The summed E-state index contributed by atoms with van der Waals surface area (Å²) in [6.45, 7) is -1.17. The summed E-state index contributed by atoms with van der Waals surface area (Å²) < 4.78 is 1.04. The van der Waals surface area contributed by atoms with Gasteiger partial charge in [0.2, 0.25) is 0 Å². The summed E-state index contributed by atoms with van der Waals surface area (Å²) in [5, 5.41) is 37.8. The molecule has 0 radical (unpaired) electrons. The highest BCUT2D eigenvalue weighted by molar-refractivity contribution is 5.92. The van der Waals surface area contributed by atoms with E-state index in [4.69, 9.17) is 10.8 Å². The van der Waals surface area contributed by atoms with Crippen molar-refractivity contribution in [1.82, 2.24) is 9.55 Å². The van der Waals surface area contributed by atoms with Gasteiger partial charge in [0.25, 0.3) is 11.5 Å². The van der Waals surface area contributed by atoms with Crippen LogP contribution in [0.25, 0.3) is 11.0 Å². The summed E-state index contributed by atoms with van der Waals surface area (Å²) in [5.74, 6) is -1.01. The SMILES string of the molecule is NC(=O)c1nc2ccccc2n(CC(O)C(O)C(O)CO)c1=O. The number of aliphatic hydroxyl groups excluding tert-OH is 4. The van der Waals surface area contributed by atoms with Crippen LogP contribution in [-0.4, -0.2) is 60.8 Å². The average molecular weight is 323 g/mol. The second kappa shape index (κ2) is 6.84. The van der Waals surface area contributed by atoms with Crippen LogP contribution in [0.1, 0.15) is 10.5 Å². The molecule has 6 N–H and O–H groups in total. The first kappa shape index (κ1) is 17.0. The van der Waals surface area contributed by atoms with Crippen molar-refractivity contribution in [3.63, 3.8) is 0 Å². The molecule has 9 heteroatoms. The largest absolute Gasteiger partial charge is 0.394 e. The van der Waals surface area contributed by atoms with Crippen LogP contribution in [0.4, 0.5) is 0 Å². The molecule has 2 aromatic rings. The first-order valence-corrected chi connectivity index (χ1v) is 6.81. The monoisotopic (exact) mass is 323 g/mol. The Morgan fingerprint density at radius 2 is 1.87 bits per heavy atom. The molecule has 0 saturated heterocycles. The first-order chi connectivity index (χ1) is 10.9. The third-order valence-electron chi connectivity index (χ3n) is 3.43. The highest BCUT2D eigenvalue weighted by Gasteiger charge is 2.26. The van der Waals surface area contributed by atoms with Gasteiger partial charge in [-0.05, 0) is 12.1 Å². The van der Waals surface area contributed by atoms with E-state index >= 15 is 0 Å². The molecule has 0 spiro atoms. The van der Waals surface area contributed by atoms with Crippen molar-refractivity contribution in [2.75, 3.05) is 6.61 Å². The molecule has 124 valence electrons. The third-order valence-corrected chi connectivity index (χ3v) is 3.43. The predicted octanol–water partition coefficient (Wildman–Crippen LogP) is -2.43. The lowest BCUT2D eigenvalue weighted by Gasteiger charge is -2.23. The fourth-order valence-electron chi connectivity index (χ4n) is 2.19. The Bertz CT molecular complexity index is 775. The van der Waals surface area contributed by atoms with Crippen LogP contribution in [-0.2, 0) is 6.54 Å². The van der Waals surface area contributed by atoms with Gasteiger partial charge in [-0.2, -0.15) is 0 Å². The molecular formula is C14H17N3O6. The minimum absolute atomic E-state index is 0.310. The molecule has 0 fully saturated rings. The Morgan fingerprint density at radius 1 is 1.22 bits per heavy atom. The van der Waals surface area contributed by atoms with Crippen LogP contribution in [0.2, 0.25) is 0 Å². The summed E-state index contributed by atoms with van der Waals surface area (Å²) in [6, 6.07) is 6.39. The van der Waals surface area contributed by atoms with E-state index < -0.39 is 48.6 Å². The second-order valence-corrected chi connectivity index (χ2v) is 5.04. The highest BCUT2D eigenvalue weighted by Crippen LogP contribution is 2.12. The number of para-hydroxylation sites is 2. The van der Waals surface area contributed by atoms with Crippen molar-refractivity contribution in [3.8, 4) is 0 Å². The van der Waals surface area contributed by atoms with Crippen molar-refractivity contribution >= 4 is 16.9 Å². The average Bonchev–Trinajstić information content (AvgIpc) is 2.55. The fraction of sp³-hybridized carbons (Fsp3) is 0.357. The van der Waals surface area contributed by atoms with Gasteiger partial charge in [-0.1, -0.05) is 12.1 Å². The Balaban J connectivity index is 2.52. The van der Waals surface area contributed by atoms with Gasteiger partial charge in [-0.25, -0.2) is 4.98 Å². The van der Waals surface area contributed by atoms with E-state index in [-0.39, 0.29) is 0 Å². The molecule has 0 bridgehead atoms. The fourth-order valence-corrected chi connectivity index (χ4v) is 2.19. The number of hydrogen-bond acceptors (Lipinski definition) is 7. The van der Waals surface area contributed by atoms with Gasteiger partial charge in [0.05, 0.1) is 24.2 Å². The lowest BCUT2D eigenvalue weighted by Crippen LogP contribution is -2.44. The van der Waals surface area contributed by atoms with Crippen LogP contribution >= 0.6 is 0 Å². The number of nitrogens with two attached hydrogens (primary N) is 1. The topological polar surface area (TPSA) is 159 Å². The maximum atomic E-state index is 12.3. The summed E-state index contributed by atoms with van der Waals surface area (Å²) >= 11 is 0. The smallest absolute Gasteiger partial charge is 0.282 e. The van der Waals surface area contributed by atoms with Crippen LogP contribution in [0.15, 0.2) is 29.1 Å². The molecule has 0 saturated carbocycles. The van der Waals surface area contributed by atoms with Gasteiger partial charge in [0.15, 0.2) is 5.69 Å². The minimum Gasteiger partial charge on any atom is -0.394 e. The van der Waals surface area contributed by atoms with E-state index in [9.17, 15) is 24.9 Å². The molecule has 1 aromatic carbocycles. The Morgan fingerprint density at radius 3 is 2.48 bits per heavy atom. The van der Waals surface area contributed by atoms with Gasteiger partial charge < -0.3 is 30.7 Å². The number of aromatic nitrogens is 2. The molecule has 0 aliphatic rings. The zero-order chi connectivity index (χ0) is 17.1. The number of carbonyl (C=O) groups excluding carboxylic acids is 1. The molecule has 0 aliphatic carbocycles. The van der Waals surface area contributed by atoms with Crippen molar-refractivity contribution in [3.05, 3.63) is 40.3 Å². The number of fused-ring (bicyclic) bond motifs is 1. The number of amides is 1. The number of rotatable bonds is 6. The number of carbonyl (C=O) groups is 1. The van der Waals surface area contributed by atoms with E-state index in [2.05, 4.69) is 4.98 Å². The van der Waals surface area contributed by atoms with E-state index in [1.165, 1.54) is 0 Å². The molecule has 23 heavy (non-hydrogen) atoms. The summed E-state index contributed by atoms with van der Waals surface area (Å²) in [5.41, 5.74) is 4.46. The van der Waals surface area contributed by atoms with Crippen molar-refractivity contribution in [2.24, 2.45) is 5.73 Å². The van der Waals surface area contributed by atoms with Gasteiger partial charge in [0, 0.05) is 0 Å². The molecule has 3 atom stereocenters. The predicted molar refractivity (Wildman–Crippen MR) is 79.6 cm³/mol. The lowest BCUT2D eigenvalue weighted by molar-refractivity contribution is -0.0805. The number of aliphatic hydroxyl groups is 4. The van der Waals surface area contributed by atoms with Gasteiger partial charge in [0.1, 0.15) is 18.3 Å². The molecule has 1 aromatic heterocycles. The van der Waals surface area contributed by atoms with Crippen LogP contribution in [0, 0.1) is 0 Å². The first-order valence-electron chi connectivity index (χ1n) is 6.81. The Labute approximate surface area is 130 Å². The van der Waals surface area contributed by atoms with E-state index in [1.54, 1.807) is 24.3 Å². The van der Waals surface area contributed by atoms with Gasteiger partial charge in [-0.3, -0.25) is 9.59 Å². The minimum atomic E-state index is -1.67. The molecule has 3 unspecified atom stereocenters. The Kier molecular flexibility index (Phi) is 5.06. The van der Waals surface area contributed by atoms with E-state index in [0.29, 0.717) is 11.0 Å². The number of nitrogens with zero attached hydrogens (tertiary/aromatic N) is 2. The van der Waals surface area contributed by atoms with E-state index in [1.807, 2.05) is 0 Å². The molecule has 1 amide bonds. The maximum Gasteiger partial charge on any atom is 0.282 e. The van der Waals surface area contributed by atoms with Gasteiger partial charge >= 0.3 is 0 Å². The zero-order valence-corrected chi connectivity index (χ0v) is 12.0. The normalized spacial score (nSPS) is 15.3. The molecular weight excluding hydrogens is 306 g/mol. The van der Waals surface area contributed by atoms with Crippen LogP contribution < -0.4 is 11.3 Å². The van der Waals surface area contributed by atoms with Crippen molar-refractivity contribution in [1.29, 1.82) is 0 Å². The summed E-state index contributed by atoms with van der Waals surface area (Å²) in [4.78, 5) is 27.6. The molecule has 1 heterocycles. The quantitative estimate of drug-likeness (QED) is 0.395. The third kappa shape index (κ3) is 3.37. The summed E-state index contributed by atoms with van der Waals surface area (Å²) in [7, 11) is 0. The van der Waals surface area contributed by atoms with Crippen LogP contribution in [0.5, 0.6) is 0 Å². The molecule has 9 nitrogen and oxygen atoms in total. The Hall–Kier alpha value is -2.33.